The molecule has 0 fully saturated rings. The summed E-state index contributed by atoms with van der Waals surface area (Å²) >= 11 is 8.78. The van der Waals surface area contributed by atoms with Crippen LogP contribution in [0.2, 0.25) is 0 Å². The first-order chi connectivity index (χ1) is 15.1. The van der Waals surface area contributed by atoms with Crippen LogP contribution in [0.1, 0.15) is 31.6 Å². The molecule has 2 aliphatic heterocycles. The Hall–Kier alpha value is -2.04. The molecule has 2 aromatic carbocycles. The van der Waals surface area contributed by atoms with E-state index in [1.54, 1.807) is 11.8 Å². The lowest BCUT2D eigenvalue weighted by molar-refractivity contribution is 0.173. The number of nitrogens with one attached hydrogen (secondary N) is 1. The molecule has 31 heavy (non-hydrogen) atoms. The molecule has 5 rings (SSSR count). The molecule has 1 N–H and O–H groups in total. The minimum absolute atomic E-state index is 0.208. The predicted octanol–water partition coefficient (Wildman–Crippen LogP) is 6.19. The molecule has 3 heterocycles. The van der Waals surface area contributed by atoms with Crippen molar-refractivity contribution in [3.05, 3.63) is 44.8 Å². The fraction of sp³-hybridized carbons (Fsp3) is 0.286. The van der Waals surface area contributed by atoms with E-state index in [0.717, 1.165) is 44.4 Å². The molecular formula is C21H18Br2N4O3S. The van der Waals surface area contributed by atoms with Crippen molar-refractivity contribution < 1.29 is 14.2 Å². The molecule has 1 aromatic heterocycles. The van der Waals surface area contributed by atoms with Crippen molar-refractivity contribution >= 4 is 49.3 Å². The summed E-state index contributed by atoms with van der Waals surface area (Å²) in [6.45, 7) is 2.37. The molecule has 0 spiro atoms. The highest BCUT2D eigenvalue weighted by Gasteiger charge is 2.29. The Bertz CT molecular complexity index is 1150. The molecule has 2 aliphatic rings. The second-order valence-electron chi connectivity index (χ2n) is 7.01. The number of halogens is 2. The van der Waals surface area contributed by atoms with Crippen molar-refractivity contribution in [2.24, 2.45) is 0 Å². The second-order valence-corrected chi connectivity index (χ2v) is 9.84. The van der Waals surface area contributed by atoms with Gasteiger partial charge in [0.15, 0.2) is 23.4 Å². The van der Waals surface area contributed by atoms with Crippen LogP contribution in [0.5, 0.6) is 17.4 Å². The molecule has 0 amide bonds. The highest BCUT2D eigenvalue weighted by molar-refractivity contribution is 9.10. The number of hydrogen-bond donors (Lipinski definition) is 1. The Labute approximate surface area is 200 Å². The predicted molar refractivity (Wildman–Crippen MR) is 126 cm³/mol. The highest BCUT2D eigenvalue weighted by Crippen LogP contribution is 2.44. The van der Waals surface area contributed by atoms with Crippen LogP contribution in [0.4, 0.5) is 5.69 Å². The van der Waals surface area contributed by atoms with Gasteiger partial charge in [-0.15, -0.1) is 10.2 Å². The Morgan fingerprint density at radius 3 is 2.81 bits per heavy atom. The van der Waals surface area contributed by atoms with Gasteiger partial charge in [0.25, 0.3) is 0 Å². The maximum absolute atomic E-state index is 6.37. The second kappa shape index (κ2) is 8.84. The molecule has 10 heteroatoms. The van der Waals surface area contributed by atoms with Gasteiger partial charge < -0.3 is 19.5 Å². The monoisotopic (exact) mass is 564 g/mol. The van der Waals surface area contributed by atoms with Gasteiger partial charge in [0.2, 0.25) is 17.8 Å². The van der Waals surface area contributed by atoms with E-state index in [1.165, 1.54) is 0 Å². The largest absolute Gasteiger partial charge is 0.454 e. The summed E-state index contributed by atoms with van der Waals surface area (Å²) in [5, 5.41) is 12.9. The molecule has 0 saturated heterocycles. The average Bonchev–Trinajstić information content (AvgIpc) is 3.15. The number of aromatic nitrogens is 3. The van der Waals surface area contributed by atoms with E-state index in [0.29, 0.717) is 28.2 Å². The molecule has 160 valence electrons. The van der Waals surface area contributed by atoms with Crippen LogP contribution in [0.15, 0.2) is 44.4 Å². The first kappa shape index (κ1) is 20.8. The molecule has 0 aliphatic carbocycles. The van der Waals surface area contributed by atoms with E-state index < -0.39 is 6.23 Å². The zero-order chi connectivity index (χ0) is 21.4. The van der Waals surface area contributed by atoms with Crippen LogP contribution in [-0.4, -0.2) is 27.7 Å². The zero-order valence-electron chi connectivity index (χ0n) is 16.5. The van der Waals surface area contributed by atoms with Gasteiger partial charge in [0.05, 0.1) is 0 Å². The van der Waals surface area contributed by atoms with Gasteiger partial charge >= 0.3 is 0 Å². The lowest BCUT2D eigenvalue weighted by Crippen LogP contribution is -2.17. The first-order valence-electron chi connectivity index (χ1n) is 9.82. The summed E-state index contributed by atoms with van der Waals surface area (Å²) in [5.74, 6) is 2.76. The van der Waals surface area contributed by atoms with Gasteiger partial charge in [-0.05, 0) is 36.8 Å². The molecule has 3 aromatic rings. The van der Waals surface area contributed by atoms with Crippen LogP contribution >= 0.6 is 43.6 Å². The smallest absolute Gasteiger partial charge is 0.247 e. The molecular weight excluding hydrogens is 548 g/mol. The van der Waals surface area contributed by atoms with Crippen molar-refractivity contribution in [2.45, 2.75) is 31.1 Å². The zero-order valence-corrected chi connectivity index (χ0v) is 20.5. The van der Waals surface area contributed by atoms with E-state index >= 15 is 0 Å². The van der Waals surface area contributed by atoms with Crippen molar-refractivity contribution in [3.63, 3.8) is 0 Å². The SMILES string of the molecule is CCCCSc1nnc2c(n1)O[C@H](c1cc3c(cc1Br)OCO3)Nc1ccc(Br)cc1-2. The lowest BCUT2D eigenvalue weighted by atomic mass is 10.1. The minimum atomic E-state index is -0.518. The Kier molecular flexibility index (Phi) is 5.94. The number of unbranched alkanes of at least 4 members (excludes halogenated alkanes) is 1. The third kappa shape index (κ3) is 4.20. The van der Waals surface area contributed by atoms with Crippen LogP contribution in [0, 0.1) is 0 Å². The number of thioether (sulfide) groups is 1. The van der Waals surface area contributed by atoms with Gasteiger partial charge in [-0.2, -0.15) is 4.98 Å². The summed E-state index contributed by atoms with van der Waals surface area (Å²) in [4.78, 5) is 4.69. The summed E-state index contributed by atoms with van der Waals surface area (Å²) in [6.07, 6.45) is 1.69. The van der Waals surface area contributed by atoms with Crippen LogP contribution in [0.25, 0.3) is 11.3 Å². The quantitative estimate of drug-likeness (QED) is 0.290. The lowest BCUT2D eigenvalue weighted by Gasteiger charge is -2.21. The summed E-state index contributed by atoms with van der Waals surface area (Å²) in [6, 6.07) is 9.75. The van der Waals surface area contributed by atoms with Crippen molar-refractivity contribution in [2.75, 3.05) is 17.9 Å². The van der Waals surface area contributed by atoms with Gasteiger partial charge in [-0.3, -0.25) is 0 Å². The van der Waals surface area contributed by atoms with Crippen molar-refractivity contribution in [1.82, 2.24) is 15.2 Å². The van der Waals surface area contributed by atoms with E-state index in [2.05, 4.69) is 54.3 Å². The van der Waals surface area contributed by atoms with E-state index in [9.17, 15) is 0 Å². The Morgan fingerprint density at radius 1 is 1.13 bits per heavy atom. The number of ether oxygens (including phenoxy) is 3. The fourth-order valence-electron chi connectivity index (χ4n) is 3.31. The number of hydrogen-bond acceptors (Lipinski definition) is 8. The topological polar surface area (TPSA) is 78.4 Å². The summed E-state index contributed by atoms with van der Waals surface area (Å²) < 4.78 is 19.2. The standard InChI is InChI=1S/C21H18Br2N4O3S/c1-2-3-6-31-21-25-20-18(26-27-21)13-7-11(22)4-5-15(13)24-19(30-20)12-8-16-17(9-14(12)23)29-10-28-16/h4-5,7-9,19,24H,2-3,6,10H2,1H3/t19-/m1/s1. The van der Waals surface area contributed by atoms with Crippen LogP contribution < -0.4 is 19.5 Å². The van der Waals surface area contributed by atoms with E-state index in [-0.39, 0.29) is 6.79 Å². The molecule has 7 nitrogen and oxygen atoms in total. The number of fused-ring (bicyclic) bond motifs is 4. The maximum Gasteiger partial charge on any atom is 0.247 e. The Balaban J connectivity index is 1.58. The van der Waals surface area contributed by atoms with Gasteiger partial charge in [0.1, 0.15) is 0 Å². The first-order valence-corrected chi connectivity index (χ1v) is 12.4. The molecule has 0 saturated carbocycles. The van der Waals surface area contributed by atoms with Gasteiger partial charge in [-0.25, -0.2) is 0 Å². The molecule has 0 radical (unpaired) electrons. The molecule has 0 unspecified atom stereocenters. The normalized spacial score (nSPS) is 16.0. The van der Waals surface area contributed by atoms with Crippen molar-refractivity contribution in [3.8, 4) is 28.6 Å². The number of nitrogens with zero attached hydrogens (tertiary/aromatic N) is 3. The van der Waals surface area contributed by atoms with Crippen molar-refractivity contribution in [1.29, 1.82) is 0 Å². The highest BCUT2D eigenvalue weighted by atomic mass is 79.9. The van der Waals surface area contributed by atoms with E-state index in [1.807, 2.05) is 30.3 Å². The van der Waals surface area contributed by atoms with Crippen LogP contribution in [-0.2, 0) is 0 Å². The Morgan fingerprint density at radius 2 is 1.97 bits per heavy atom. The molecule has 0 bridgehead atoms. The summed E-state index contributed by atoms with van der Waals surface area (Å²) in [7, 11) is 0. The minimum Gasteiger partial charge on any atom is -0.454 e. The third-order valence-corrected chi connectivity index (χ3v) is 7.00. The summed E-state index contributed by atoms with van der Waals surface area (Å²) in [5.41, 5.74) is 3.21. The third-order valence-electron chi connectivity index (χ3n) is 4.89. The van der Waals surface area contributed by atoms with Crippen LogP contribution in [0.3, 0.4) is 0 Å². The average molecular weight is 566 g/mol. The van der Waals surface area contributed by atoms with E-state index in [4.69, 9.17) is 19.2 Å². The molecule has 1 atom stereocenters. The number of rotatable bonds is 5. The van der Waals surface area contributed by atoms with Gasteiger partial charge in [0, 0.05) is 31.5 Å². The number of anilines is 1. The fourth-order valence-corrected chi connectivity index (χ4v) is 5.07. The number of benzene rings is 2. The maximum atomic E-state index is 6.37. The van der Waals surface area contributed by atoms with Gasteiger partial charge in [-0.1, -0.05) is 57.0 Å².